The molecule has 3 aromatic heterocycles. The van der Waals surface area contributed by atoms with Crippen molar-refractivity contribution in [2.75, 3.05) is 16.8 Å². The minimum absolute atomic E-state index is 0.0757. The maximum atomic E-state index is 13.7. The molecule has 11 nitrogen and oxygen atoms in total. The molecule has 1 saturated carbocycles. The van der Waals surface area contributed by atoms with E-state index in [2.05, 4.69) is 20.4 Å². The number of amides is 2. The standard InChI is InChI=1S/C27H29F5N6O5/c1-26(2,3)43-25(41)37(14-27(30,31)32)20-10-16(8-9-33-20)24-35-19(13-42-24)23(40)34-18-11-38(36-21(18)22(28)29)17-6-4-15(12-39)5-7-17/h8-13,15,17,22H,4-7,14H2,1-3H3,(H,34,40)/t15-,17-. The number of aldehydes is 1. The summed E-state index contributed by atoms with van der Waals surface area (Å²) in [5.74, 6) is -1.60. The summed E-state index contributed by atoms with van der Waals surface area (Å²) in [6, 6.07) is 2.22. The molecule has 0 saturated heterocycles. The molecule has 0 aliphatic heterocycles. The van der Waals surface area contributed by atoms with Crippen molar-refractivity contribution in [3.05, 3.63) is 42.2 Å². The summed E-state index contributed by atoms with van der Waals surface area (Å²) in [5, 5.41) is 6.32. The smallest absolute Gasteiger partial charge is 0.416 e. The van der Waals surface area contributed by atoms with Crippen molar-refractivity contribution < 1.29 is 45.5 Å². The molecule has 232 valence electrons. The fourth-order valence-electron chi connectivity index (χ4n) is 4.48. The number of rotatable bonds is 8. The number of pyridine rings is 1. The maximum absolute atomic E-state index is 13.7. The van der Waals surface area contributed by atoms with E-state index in [4.69, 9.17) is 9.15 Å². The quantitative estimate of drug-likeness (QED) is 0.230. The molecule has 0 spiro atoms. The van der Waals surface area contributed by atoms with Gasteiger partial charge in [0.15, 0.2) is 11.4 Å². The van der Waals surface area contributed by atoms with Crippen LogP contribution in [-0.4, -0.2) is 56.4 Å². The number of carbonyl (C=O) groups excluding carboxylic acids is 3. The number of ether oxygens (including phenoxy) is 1. The van der Waals surface area contributed by atoms with Gasteiger partial charge in [-0.1, -0.05) is 0 Å². The van der Waals surface area contributed by atoms with Crippen LogP contribution in [0, 0.1) is 5.92 Å². The Morgan fingerprint density at radius 3 is 2.51 bits per heavy atom. The first kappa shape index (κ1) is 31.6. The number of oxazole rings is 1. The predicted molar refractivity (Wildman–Crippen MR) is 142 cm³/mol. The molecule has 3 aromatic rings. The van der Waals surface area contributed by atoms with E-state index >= 15 is 0 Å². The van der Waals surface area contributed by atoms with E-state index in [-0.39, 0.29) is 34.8 Å². The highest BCUT2D eigenvalue weighted by molar-refractivity contribution is 6.03. The second-order valence-corrected chi connectivity index (χ2v) is 11.0. The van der Waals surface area contributed by atoms with Crippen molar-refractivity contribution in [1.29, 1.82) is 0 Å². The molecule has 0 atom stereocenters. The molecule has 1 N–H and O–H groups in total. The zero-order valence-electron chi connectivity index (χ0n) is 23.4. The van der Waals surface area contributed by atoms with Crippen LogP contribution in [0.2, 0.25) is 0 Å². The Morgan fingerprint density at radius 2 is 1.91 bits per heavy atom. The van der Waals surface area contributed by atoms with E-state index in [1.807, 2.05) is 0 Å². The summed E-state index contributed by atoms with van der Waals surface area (Å²) < 4.78 is 79.1. The number of anilines is 2. The van der Waals surface area contributed by atoms with Gasteiger partial charge in [-0.25, -0.2) is 23.5 Å². The molecule has 3 heterocycles. The third-order valence-corrected chi connectivity index (χ3v) is 6.48. The zero-order valence-corrected chi connectivity index (χ0v) is 23.4. The first-order valence-electron chi connectivity index (χ1n) is 13.3. The number of nitrogens with zero attached hydrogens (tertiary/aromatic N) is 5. The second-order valence-electron chi connectivity index (χ2n) is 11.0. The molecule has 4 rings (SSSR count). The van der Waals surface area contributed by atoms with Gasteiger partial charge in [0.2, 0.25) is 5.89 Å². The number of halogens is 5. The Labute approximate surface area is 242 Å². The third-order valence-electron chi connectivity index (χ3n) is 6.48. The Bertz CT molecular complexity index is 1460. The Morgan fingerprint density at radius 1 is 1.21 bits per heavy atom. The third kappa shape index (κ3) is 8.14. The van der Waals surface area contributed by atoms with E-state index in [1.165, 1.54) is 37.7 Å². The van der Waals surface area contributed by atoms with Crippen LogP contribution in [0.1, 0.15) is 75.1 Å². The van der Waals surface area contributed by atoms with Crippen molar-refractivity contribution in [3.63, 3.8) is 0 Å². The second kappa shape index (κ2) is 12.5. The van der Waals surface area contributed by atoms with Gasteiger partial charge in [-0.2, -0.15) is 18.3 Å². The van der Waals surface area contributed by atoms with Gasteiger partial charge in [-0.15, -0.1) is 0 Å². The molecule has 0 aromatic carbocycles. The zero-order chi connectivity index (χ0) is 31.5. The average molecular weight is 613 g/mol. The number of carbonyl (C=O) groups is 3. The highest BCUT2D eigenvalue weighted by Gasteiger charge is 2.37. The molecular formula is C27H29F5N6O5. The van der Waals surface area contributed by atoms with E-state index in [9.17, 15) is 36.3 Å². The molecule has 0 radical (unpaired) electrons. The highest BCUT2D eigenvalue weighted by atomic mass is 19.4. The van der Waals surface area contributed by atoms with E-state index in [0.29, 0.717) is 30.6 Å². The molecule has 1 aliphatic rings. The van der Waals surface area contributed by atoms with Gasteiger partial charge in [0, 0.05) is 23.9 Å². The largest absolute Gasteiger partial charge is 0.444 e. The number of hydrogen-bond donors (Lipinski definition) is 1. The minimum Gasteiger partial charge on any atom is -0.444 e. The molecular weight excluding hydrogens is 583 g/mol. The van der Waals surface area contributed by atoms with Crippen molar-refractivity contribution in [3.8, 4) is 11.5 Å². The fraction of sp³-hybridized carbons (Fsp3) is 0.481. The summed E-state index contributed by atoms with van der Waals surface area (Å²) >= 11 is 0. The predicted octanol–water partition coefficient (Wildman–Crippen LogP) is 6.36. The molecule has 16 heteroatoms. The average Bonchev–Trinajstić information content (AvgIpc) is 3.59. The van der Waals surface area contributed by atoms with E-state index in [0.717, 1.165) is 24.8 Å². The van der Waals surface area contributed by atoms with Crippen LogP contribution >= 0.6 is 0 Å². The van der Waals surface area contributed by atoms with Crippen LogP contribution in [0.25, 0.3) is 11.5 Å². The normalized spacial score (nSPS) is 17.5. The van der Waals surface area contributed by atoms with Crippen LogP contribution in [0.4, 0.5) is 38.3 Å². The van der Waals surface area contributed by atoms with Crippen LogP contribution in [-0.2, 0) is 9.53 Å². The lowest BCUT2D eigenvalue weighted by Crippen LogP contribution is -2.42. The molecule has 1 aliphatic carbocycles. The maximum Gasteiger partial charge on any atom is 0.416 e. The Kier molecular flexibility index (Phi) is 9.15. The van der Waals surface area contributed by atoms with Crippen molar-refractivity contribution in [1.82, 2.24) is 19.7 Å². The van der Waals surface area contributed by atoms with Crippen molar-refractivity contribution in [2.45, 2.75) is 70.7 Å². The van der Waals surface area contributed by atoms with Crippen LogP contribution < -0.4 is 10.2 Å². The van der Waals surface area contributed by atoms with Gasteiger partial charge < -0.3 is 19.3 Å². The van der Waals surface area contributed by atoms with Gasteiger partial charge in [0.1, 0.15) is 30.5 Å². The van der Waals surface area contributed by atoms with Crippen LogP contribution in [0.3, 0.4) is 0 Å². The number of alkyl halides is 5. The number of nitrogens with one attached hydrogen (secondary N) is 1. The lowest BCUT2D eigenvalue weighted by molar-refractivity contribution is -0.119. The van der Waals surface area contributed by atoms with Crippen molar-refractivity contribution in [2.24, 2.45) is 5.92 Å². The summed E-state index contributed by atoms with van der Waals surface area (Å²) in [5.41, 5.74) is -2.19. The van der Waals surface area contributed by atoms with Crippen molar-refractivity contribution >= 4 is 29.8 Å². The summed E-state index contributed by atoms with van der Waals surface area (Å²) in [4.78, 5) is 44.7. The molecule has 1 fully saturated rings. The summed E-state index contributed by atoms with van der Waals surface area (Å²) in [6.07, 6.45) is -2.47. The molecule has 0 bridgehead atoms. The van der Waals surface area contributed by atoms with Gasteiger partial charge in [0.05, 0.1) is 11.7 Å². The van der Waals surface area contributed by atoms with E-state index < -0.39 is 48.3 Å². The highest BCUT2D eigenvalue weighted by Crippen LogP contribution is 2.34. The Balaban J connectivity index is 1.53. The molecule has 0 unspecified atom stereocenters. The van der Waals surface area contributed by atoms with Gasteiger partial charge in [-0.05, 0) is 58.6 Å². The van der Waals surface area contributed by atoms with Crippen LogP contribution in [0.15, 0.2) is 35.2 Å². The van der Waals surface area contributed by atoms with Gasteiger partial charge in [-0.3, -0.25) is 14.4 Å². The first-order chi connectivity index (χ1) is 20.1. The summed E-state index contributed by atoms with van der Waals surface area (Å²) in [7, 11) is 0. The lowest BCUT2D eigenvalue weighted by atomic mass is 9.87. The minimum atomic E-state index is -4.78. The Hall–Kier alpha value is -4.37. The molecule has 2 amide bonds. The molecule has 43 heavy (non-hydrogen) atoms. The fourth-order valence-corrected chi connectivity index (χ4v) is 4.48. The van der Waals surface area contributed by atoms with E-state index in [1.54, 1.807) is 0 Å². The van der Waals surface area contributed by atoms with Crippen LogP contribution in [0.5, 0.6) is 0 Å². The first-order valence-corrected chi connectivity index (χ1v) is 13.3. The van der Waals surface area contributed by atoms with Gasteiger partial charge >= 0.3 is 12.3 Å². The summed E-state index contributed by atoms with van der Waals surface area (Å²) in [6.45, 7) is 2.80. The monoisotopic (exact) mass is 612 g/mol. The topological polar surface area (TPSA) is 132 Å². The number of hydrogen-bond acceptors (Lipinski definition) is 8. The number of aromatic nitrogens is 4. The van der Waals surface area contributed by atoms with Gasteiger partial charge in [0.25, 0.3) is 12.3 Å². The SMILES string of the molecule is CC(C)(C)OC(=O)N(CC(F)(F)F)c1cc(-c2nc(C(=O)Nc3cn([C@H]4CC[C@H](C=O)CC4)nc3C(F)F)co2)ccn1. The lowest BCUT2D eigenvalue weighted by Gasteiger charge is -2.27.